The molecule has 22 nitrogen and oxygen atoms in total. The number of aliphatic carboxylic acids is 3. The number of unbranched alkanes of at least 4 members (excludes halogenated alkanes) is 1. The zero-order valence-corrected chi connectivity index (χ0v) is 38.1. The number of hydrogen-bond acceptors (Lipinski definition) is 13. The summed E-state index contributed by atoms with van der Waals surface area (Å²) in [5.74, 6) is -8.07. The lowest BCUT2D eigenvalue weighted by Crippen LogP contribution is -2.60. The van der Waals surface area contributed by atoms with Gasteiger partial charge in [0, 0.05) is 26.3 Å². The molecule has 23 heteroatoms. The van der Waals surface area contributed by atoms with Crippen molar-refractivity contribution in [2.24, 2.45) is 29.0 Å². The fourth-order valence-electron chi connectivity index (χ4n) is 6.49. The first-order valence-electron chi connectivity index (χ1n) is 21.1. The fourth-order valence-corrected chi connectivity index (χ4v) is 6.96. The van der Waals surface area contributed by atoms with Crippen LogP contribution in [0.25, 0.3) is 0 Å². The van der Waals surface area contributed by atoms with E-state index in [9.17, 15) is 48.3 Å². The van der Waals surface area contributed by atoms with E-state index in [-0.39, 0.29) is 76.2 Å². The lowest BCUT2D eigenvalue weighted by Gasteiger charge is -2.30. The highest BCUT2D eigenvalue weighted by atomic mass is 32.2. The molecule has 0 radical (unpaired) electrons. The van der Waals surface area contributed by atoms with Crippen molar-refractivity contribution in [3.8, 4) is 0 Å². The molecule has 0 spiro atoms. The highest BCUT2D eigenvalue weighted by Crippen LogP contribution is 2.20. The topological polar surface area (TPSA) is 373 Å². The number of rotatable bonds is 29. The number of primary amides is 1. The molecular formula is C40H71N9O13S. The Labute approximate surface area is 373 Å². The van der Waals surface area contributed by atoms with Crippen LogP contribution in [0.4, 0.5) is 0 Å². The molecule has 63 heavy (non-hydrogen) atoms. The molecule has 1 rings (SSSR count). The molecular weight excluding hydrogens is 847 g/mol. The third-order valence-corrected chi connectivity index (χ3v) is 10.3. The Hall–Kier alpha value is -5.03. The molecule has 0 aromatic heterocycles. The van der Waals surface area contributed by atoms with Crippen LogP contribution in [0.2, 0.25) is 0 Å². The number of nitrogens with one attached hydrogen (secondary N) is 5. The average Bonchev–Trinajstić information content (AvgIpc) is 3.68. The molecule has 1 fully saturated rings. The zero-order valence-electron chi connectivity index (χ0n) is 37.3. The van der Waals surface area contributed by atoms with Crippen LogP contribution in [0.5, 0.6) is 0 Å². The van der Waals surface area contributed by atoms with Gasteiger partial charge in [0.15, 0.2) is 0 Å². The van der Waals surface area contributed by atoms with Crippen molar-refractivity contribution in [3.63, 3.8) is 0 Å². The molecule has 1 heterocycles. The lowest BCUT2D eigenvalue weighted by atomic mass is 9.99. The predicted molar refractivity (Wildman–Crippen MR) is 233 cm³/mol. The van der Waals surface area contributed by atoms with Gasteiger partial charge in [-0.3, -0.25) is 43.2 Å². The number of thioether (sulfide) groups is 1. The number of hydrogen-bond donors (Lipinski definition) is 11. The van der Waals surface area contributed by atoms with Crippen molar-refractivity contribution in [1.82, 2.24) is 31.5 Å². The number of nitrogens with two attached hydrogens (primary N) is 3. The van der Waals surface area contributed by atoms with Crippen LogP contribution in [0.3, 0.4) is 0 Å². The van der Waals surface area contributed by atoms with Gasteiger partial charge in [-0.05, 0) is 94.6 Å². The van der Waals surface area contributed by atoms with Crippen molar-refractivity contribution < 1.29 is 63.3 Å². The van der Waals surface area contributed by atoms with Gasteiger partial charge < -0.3 is 64.0 Å². The number of likely N-dealkylation sites (tertiary alicyclic amines) is 1. The van der Waals surface area contributed by atoms with E-state index in [1.54, 1.807) is 34.0 Å². The molecule has 1 aliphatic rings. The minimum Gasteiger partial charge on any atom is -0.481 e. The minimum absolute atomic E-state index is 0.0965. The molecule has 0 bridgehead atoms. The quantitative estimate of drug-likeness (QED) is 0.0401. The average molecular weight is 918 g/mol. The first-order chi connectivity index (χ1) is 29.4. The number of carbonyl (C=O) groups excluding carboxylic acids is 7. The molecule has 1 aliphatic heterocycles. The molecule has 0 saturated carbocycles. The summed E-state index contributed by atoms with van der Waals surface area (Å²) in [6.07, 6.45) is 2.96. The van der Waals surface area contributed by atoms with Crippen molar-refractivity contribution in [2.45, 2.75) is 154 Å². The summed E-state index contributed by atoms with van der Waals surface area (Å²) in [6, 6.07) is -8.30. The van der Waals surface area contributed by atoms with Crippen LogP contribution in [-0.2, 0) is 47.9 Å². The monoisotopic (exact) mass is 917 g/mol. The first-order valence-corrected chi connectivity index (χ1v) is 22.5. The molecule has 1 saturated heterocycles. The number of carboxylic acids is 3. The van der Waals surface area contributed by atoms with Gasteiger partial charge in [0.25, 0.3) is 5.97 Å². The number of amides is 7. The Bertz CT molecular complexity index is 1550. The maximum Gasteiger partial charge on any atom is 0.326 e. The third kappa shape index (κ3) is 24.4. The van der Waals surface area contributed by atoms with Crippen molar-refractivity contribution in [3.05, 3.63) is 0 Å². The van der Waals surface area contributed by atoms with E-state index in [0.29, 0.717) is 31.6 Å². The highest BCUT2D eigenvalue weighted by molar-refractivity contribution is 7.98. The van der Waals surface area contributed by atoms with Gasteiger partial charge in [-0.15, -0.1) is 0 Å². The van der Waals surface area contributed by atoms with E-state index in [2.05, 4.69) is 26.6 Å². The Balaban J connectivity index is 0.00000918. The van der Waals surface area contributed by atoms with Gasteiger partial charge in [0.05, 0.1) is 6.04 Å². The second kappa shape index (κ2) is 30.9. The summed E-state index contributed by atoms with van der Waals surface area (Å²) < 4.78 is 0. The van der Waals surface area contributed by atoms with Crippen LogP contribution >= 0.6 is 11.8 Å². The van der Waals surface area contributed by atoms with Crippen molar-refractivity contribution in [1.29, 1.82) is 0 Å². The number of carbonyl (C=O) groups is 10. The highest BCUT2D eigenvalue weighted by Gasteiger charge is 2.39. The Morgan fingerprint density at radius 1 is 0.683 bits per heavy atom. The van der Waals surface area contributed by atoms with Crippen LogP contribution < -0.4 is 43.8 Å². The van der Waals surface area contributed by atoms with Gasteiger partial charge in [0.2, 0.25) is 41.4 Å². The Kier molecular flexibility index (Phi) is 28.5. The fraction of sp³-hybridized carbons (Fsp3) is 0.750. The molecule has 0 aromatic carbocycles. The molecule has 360 valence electrons. The second-order valence-corrected chi connectivity index (χ2v) is 17.2. The summed E-state index contributed by atoms with van der Waals surface area (Å²) >= 11 is 1.41. The molecule has 0 aromatic rings. The van der Waals surface area contributed by atoms with Crippen LogP contribution in [-0.4, -0.2) is 147 Å². The largest absolute Gasteiger partial charge is 0.481 e. The van der Waals surface area contributed by atoms with Crippen LogP contribution in [0.1, 0.15) is 112 Å². The second-order valence-electron chi connectivity index (χ2n) is 16.2. The minimum atomic E-state index is -1.41. The third-order valence-electron chi connectivity index (χ3n) is 9.62. The number of nitrogens with zero attached hydrogens (tertiary/aromatic N) is 1. The van der Waals surface area contributed by atoms with Crippen LogP contribution in [0.15, 0.2) is 0 Å². The molecule has 14 N–H and O–H groups in total. The lowest BCUT2D eigenvalue weighted by molar-refractivity contribution is -0.142. The SMILES string of the molecule is CC(=O)O.CSCC[C@H](NC(=O)[C@H](CCCCN)NC(=O)[C@H](CC(C)C)NC(=O)[C@H](CCC(N)=O)NC(=O)[C@H](CC(C)C)NC(=O)[C@@H]1CCCN1C(=O)[C@@H](N)CCC(=O)O)C(=O)O. The van der Waals surface area contributed by atoms with E-state index in [4.69, 9.17) is 32.2 Å². The normalized spacial score (nSPS) is 16.2. The smallest absolute Gasteiger partial charge is 0.326 e. The molecule has 0 aliphatic carbocycles. The van der Waals surface area contributed by atoms with E-state index >= 15 is 0 Å². The van der Waals surface area contributed by atoms with Gasteiger partial charge >= 0.3 is 11.9 Å². The van der Waals surface area contributed by atoms with Crippen molar-refractivity contribution in [2.75, 3.05) is 25.1 Å². The van der Waals surface area contributed by atoms with E-state index in [1.807, 2.05) is 0 Å². The summed E-state index contributed by atoms with van der Waals surface area (Å²) in [4.78, 5) is 127. The maximum atomic E-state index is 13.9. The summed E-state index contributed by atoms with van der Waals surface area (Å²) in [6.45, 7) is 8.83. The first kappa shape index (κ1) is 58.0. The summed E-state index contributed by atoms with van der Waals surface area (Å²) in [7, 11) is 0. The van der Waals surface area contributed by atoms with Gasteiger partial charge in [-0.2, -0.15) is 11.8 Å². The van der Waals surface area contributed by atoms with Gasteiger partial charge in [-0.1, -0.05) is 27.7 Å². The standard InChI is InChI=1S/C38H67N9O11S.C2H4O2/c1-21(2)19-27(34(53)42-24(9-6-7-16-39)32(51)44-26(38(57)58)15-18-59-5)45-33(52)25(12-13-30(41)48)43-35(54)28(20-22(3)4)46-36(55)29-10-8-17-47(29)37(56)23(40)11-14-31(49)50;1-2(3)4/h21-29H,6-20,39-40H2,1-5H3,(H2,41,48)(H,42,53)(H,43,54)(H,44,51)(H,45,52)(H,46,55)(H,49,50)(H,57,58);1H3,(H,3,4)/t23-,24-,25-,26-,27-,28-,29-;/m0./s1. The Morgan fingerprint density at radius 2 is 1.16 bits per heavy atom. The van der Waals surface area contributed by atoms with Crippen LogP contribution in [0, 0.1) is 11.8 Å². The Morgan fingerprint density at radius 3 is 1.62 bits per heavy atom. The molecule has 0 unspecified atom stereocenters. The van der Waals surface area contributed by atoms with E-state index in [0.717, 1.165) is 6.92 Å². The maximum absolute atomic E-state index is 13.9. The van der Waals surface area contributed by atoms with E-state index in [1.165, 1.54) is 16.7 Å². The summed E-state index contributed by atoms with van der Waals surface area (Å²) in [5.41, 5.74) is 17.0. The van der Waals surface area contributed by atoms with Gasteiger partial charge in [0.1, 0.15) is 36.3 Å². The molecule has 7 amide bonds. The number of carboxylic acid groups (broad SMARTS) is 3. The zero-order chi connectivity index (χ0) is 48.4. The summed E-state index contributed by atoms with van der Waals surface area (Å²) in [5, 5.41) is 39.2. The molecule has 7 atom stereocenters. The van der Waals surface area contributed by atoms with Gasteiger partial charge in [-0.25, -0.2) is 4.79 Å². The predicted octanol–water partition coefficient (Wildman–Crippen LogP) is -0.991. The van der Waals surface area contributed by atoms with E-state index < -0.39 is 102 Å². The van der Waals surface area contributed by atoms with Crippen molar-refractivity contribution >= 4 is 71.0 Å².